The van der Waals surface area contributed by atoms with Gasteiger partial charge in [-0.05, 0) is 35.1 Å². The topological polar surface area (TPSA) is 174 Å². The van der Waals surface area contributed by atoms with Gasteiger partial charge in [0.2, 0.25) is 0 Å². The Morgan fingerprint density at radius 3 is 2.30 bits per heavy atom. The molecule has 0 saturated carbocycles. The molecule has 3 rings (SSSR count). The van der Waals surface area contributed by atoms with E-state index < -0.39 is 59.2 Å². The van der Waals surface area contributed by atoms with E-state index in [1.165, 1.54) is 6.08 Å². The van der Waals surface area contributed by atoms with E-state index in [0.717, 1.165) is 16.7 Å². The SMILES string of the molecule is CC(C)CC(N)C(=O)NS(=O)(=O)OCC1OC(CCOC(=O)C=Cc2ccc(-c3ccccc3)cc2)C(O)C1O. The van der Waals surface area contributed by atoms with Crippen LogP contribution in [-0.4, -0.2) is 74.2 Å². The number of hydrogen-bond donors (Lipinski definition) is 4. The maximum absolute atomic E-state index is 12.1. The largest absolute Gasteiger partial charge is 0.462 e. The van der Waals surface area contributed by atoms with Gasteiger partial charge in [0.15, 0.2) is 0 Å². The number of aliphatic hydroxyl groups excluding tert-OH is 2. The first-order valence-electron chi connectivity index (χ1n) is 12.9. The molecule has 1 saturated heterocycles. The lowest BCUT2D eigenvalue weighted by molar-refractivity contribution is -0.139. The summed E-state index contributed by atoms with van der Waals surface area (Å²) >= 11 is 0. The minimum Gasteiger partial charge on any atom is -0.462 e. The second-order valence-electron chi connectivity index (χ2n) is 9.91. The van der Waals surface area contributed by atoms with Crippen LogP contribution in [-0.2, 0) is 33.6 Å². The molecule has 0 aliphatic carbocycles. The molecule has 5 N–H and O–H groups in total. The lowest BCUT2D eigenvalue weighted by Gasteiger charge is -2.17. The lowest BCUT2D eigenvalue weighted by Crippen LogP contribution is -2.45. The number of carbonyl (C=O) groups is 2. The molecule has 1 aliphatic rings. The molecule has 218 valence electrons. The Bertz CT molecular complexity index is 1250. The zero-order chi connectivity index (χ0) is 29.3. The van der Waals surface area contributed by atoms with Crippen LogP contribution in [0, 0.1) is 5.92 Å². The summed E-state index contributed by atoms with van der Waals surface area (Å²) < 4.78 is 41.3. The van der Waals surface area contributed by atoms with Crippen LogP contribution in [0.1, 0.15) is 32.3 Å². The summed E-state index contributed by atoms with van der Waals surface area (Å²) in [6.07, 6.45) is -1.70. The maximum Gasteiger partial charge on any atom is 0.362 e. The van der Waals surface area contributed by atoms with Crippen molar-refractivity contribution >= 4 is 28.3 Å². The van der Waals surface area contributed by atoms with Crippen molar-refractivity contribution in [3.05, 3.63) is 66.2 Å². The Kier molecular flexibility index (Phi) is 11.4. The minimum absolute atomic E-state index is 0.0492. The van der Waals surface area contributed by atoms with Gasteiger partial charge in [-0.2, -0.15) is 8.42 Å². The molecule has 5 atom stereocenters. The van der Waals surface area contributed by atoms with E-state index in [4.69, 9.17) is 19.4 Å². The third kappa shape index (κ3) is 9.51. The van der Waals surface area contributed by atoms with Gasteiger partial charge in [0.05, 0.1) is 25.4 Å². The summed E-state index contributed by atoms with van der Waals surface area (Å²) in [7, 11) is -4.51. The molecular formula is C28H36N2O9S. The van der Waals surface area contributed by atoms with Gasteiger partial charge in [0.1, 0.15) is 18.3 Å². The lowest BCUT2D eigenvalue weighted by atomic mass is 10.0. The van der Waals surface area contributed by atoms with Crippen molar-refractivity contribution < 1.29 is 41.9 Å². The molecule has 5 unspecified atom stereocenters. The molecule has 2 aromatic carbocycles. The fraction of sp³-hybridized carbons (Fsp3) is 0.429. The summed E-state index contributed by atoms with van der Waals surface area (Å²) in [5, 5.41) is 20.5. The highest BCUT2D eigenvalue weighted by Gasteiger charge is 2.43. The number of aliphatic hydroxyl groups is 2. The molecule has 1 heterocycles. The number of nitrogens with two attached hydrogens (primary N) is 1. The van der Waals surface area contributed by atoms with Crippen molar-refractivity contribution in [1.29, 1.82) is 0 Å². The van der Waals surface area contributed by atoms with E-state index in [1.807, 2.05) is 68.4 Å². The highest BCUT2D eigenvalue weighted by Crippen LogP contribution is 2.24. The highest BCUT2D eigenvalue weighted by molar-refractivity contribution is 7.85. The monoisotopic (exact) mass is 576 g/mol. The van der Waals surface area contributed by atoms with Crippen LogP contribution >= 0.6 is 0 Å². The van der Waals surface area contributed by atoms with Crippen LogP contribution in [0.3, 0.4) is 0 Å². The fourth-order valence-corrected chi connectivity index (χ4v) is 4.88. The third-order valence-electron chi connectivity index (χ3n) is 6.21. The van der Waals surface area contributed by atoms with Gasteiger partial charge in [-0.3, -0.25) is 8.98 Å². The van der Waals surface area contributed by atoms with Crippen LogP contribution in [0.15, 0.2) is 60.7 Å². The molecule has 1 amide bonds. The quantitative estimate of drug-likeness (QED) is 0.202. The Hall–Kier alpha value is -3.13. The van der Waals surface area contributed by atoms with E-state index in [0.29, 0.717) is 0 Å². The Morgan fingerprint density at radius 2 is 1.65 bits per heavy atom. The molecule has 11 nitrogen and oxygen atoms in total. The molecule has 12 heteroatoms. The molecule has 0 spiro atoms. The predicted molar refractivity (Wildman–Crippen MR) is 148 cm³/mol. The molecule has 2 aromatic rings. The van der Waals surface area contributed by atoms with Gasteiger partial charge >= 0.3 is 16.3 Å². The van der Waals surface area contributed by atoms with Gasteiger partial charge < -0.3 is 25.4 Å². The molecule has 1 aliphatic heterocycles. The van der Waals surface area contributed by atoms with E-state index in [1.54, 1.807) is 10.8 Å². The van der Waals surface area contributed by atoms with Crippen LogP contribution in [0.25, 0.3) is 17.2 Å². The molecule has 40 heavy (non-hydrogen) atoms. The van der Waals surface area contributed by atoms with Crippen molar-refractivity contribution in [2.75, 3.05) is 13.2 Å². The molecule has 0 radical (unpaired) electrons. The number of carbonyl (C=O) groups excluding carboxylic acids is 2. The van der Waals surface area contributed by atoms with Crippen molar-refractivity contribution in [3.63, 3.8) is 0 Å². The number of ether oxygens (including phenoxy) is 2. The van der Waals surface area contributed by atoms with Gasteiger partial charge in [0, 0.05) is 12.5 Å². The minimum atomic E-state index is -4.51. The predicted octanol–water partition coefficient (Wildman–Crippen LogP) is 1.54. The van der Waals surface area contributed by atoms with Gasteiger partial charge in [-0.1, -0.05) is 68.4 Å². The van der Waals surface area contributed by atoms with E-state index in [9.17, 15) is 28.2 Å². The van der Waals surface area contributed by atoms with E-state index >= 15 is 0 Å². The molecule has 0 aromatic heterocycles. The Morgan fingerprint density at radius 1 is 1.02 bits per heavy atom. The van der Waals surface area contributed by atoms with Gasteiger partial charge in [0.25, 0.3) is 5.91 Å². The molecular weight excluding hydrogens is 540 g/mol. The van der Waals surface area contributed by atoms with Crippen molar-refractivity contribution in [3.8, 4) is 11.1 Å². The summed E-state index contributed by atoms with van der Waals surface area (Å²) in [5.41, 5.74) is 8.62. The zero-order valence-corrected chi connectivity index (χ0v) is 23.2. The average Bonchev–Trinajstić information content (AvgIpc) is 3.19. The van der Waals surface area contributed by atoms with E-state index in [-0.39, 0.29) is 25.4 Å². The standard InChI is InChI=1S/C28H36N2O9S/c1-18(2)16-22(29)28(34)30-40(35,36)38-17-24-27(33)26(32)23(39-24)14-15-37-25(31)13-10-19-8-11-21(12-9-19)20-6-4-3-5-7-20/h3-13,18,22-24,26-27,32-33H,14-17,29H2,1-2H3,(H,30,34). The maximum atomic E-state index is 12.1. The van der Waals surface area contributed by atoms with Gasteiger partial charge in [-0.25, -0.2) is 9.52 Å². The second kappa shape index (κ2) is 14.5. The Labute approximate surface area is 234 Å². The molecule has 1 fully saturated rings. The smallest absolute Gasteiger partial charge is 0.362 e. The first-order valence-corrected chi connectivity index (χ1v) is 14.3. The Balaban J connectivity index is 1.41. The van der Waals surface area contributed by atoms with Crippen LogP contribution in [0.2, 0.25) is 0 Å². The number of rotatable bonds is 13. The summed E-state index contributed by atoms with van der Waals surface area (Å²) in [6.45, 7) is 2.91. The first kappa shape index (κ1) is 31.4. The molecule has 0 bridgehead atoms. The van der Waals surface area contributed by atoms with Crippen molar-refractivity contribution in [2.24, 2.45) is 11.7 Å². The number of esters is 1. The zero-order valence-electron chi connectivity index (χ0n) is 22.4. The number of hydrogen-bond acceptors (Lipinski definition) is 10. The van der Waals surface area contributed by atoms with Crippen LogP contribution < -0.4 is 10.5 Å². The second-order valence-corrected chi connectivity index (χ2v) is 11.3. The number of benzene rings is 2. The number of amides is 1. The van der Waals surface area contributed by atoms with Crippen molar-refractivity contribution in [2.45, 2.75) is 57.1 Å². The fourth-order valence-electron chi connectivity index (χ4n) is 4.11. The summed E-state index contributed by atoms with van der Waals surface area (Å²) in [4.78, 5) is 24.1. The van der Waals surface area contributed by atoms with Crippen LogP contribution in [0.4, 0.5) is 0 Å². The first-order chi connectivity index (χ1) is 18.9. The van der Waals surface area contributed by atoms with Gasteiger partial charge in [-0.15, -0.1) is 0 Å². The summed E-state index contributed by atoms with van der Waals surface area (Å²) in [5.74, 6) is -1.44. The third-order valence-corrected chi connectivity index (χ3v) is 7.11. The summed E-state index contributed by atoms with van der Waals surface area (Å²) in [6, 6.07) is 16.5. The number of nitrogens with one attached hydrogen (secondary N) is 1. The van der Waals surface area contributed by atoms with Crippen LogP contribution in [0.5, 0.6) is 0 Å². The highest BCUT2D eigenvalue weighted by atomic mass is 32.2. The normalized spacial score (nSPS) is 21.9. The average molecular weight is 577 g/mol. The van der Waals surface area contributed by atoms with E-state index in [2.05, 4.69) is 0 Å². The van der Waals surface area contributed by atoms with Crippen molar-refractivity contribution in [1.82, 2.24) is 4.72 Å².